The van der Waals surface area contributed by atoms with Crippen LogP contribution in [0.4, 0.5) is 0 Å². The second-order valence-electron chi connectivity index (χ2n) is 5.57. The lowest BCUT2D eigenvalue weighted by Crippen LogP contribution is -1.86. The van der Waals surface area contributed by atoms with E-state index in [1.165, 1.54) is 28.3 Å². The Kier molecular flexibility index (Phi) is 2.78. The maximum absolute atomic E-state index is 5.97. The highest BCUT2D eigenvalue weighted by Crippen LogP contribution is 2.55. The Labute approximate surface area is 124 Å². The smallest absolute Gasteiger partial charge is 0.0406 e. The van der Waals surface area contributed by atoms with E-state index < -0.39 is 0 Å². The minimum atomic E-state index is 0.651. The van der Waals surface area contributed by atoms with Crippen LogP contribution in [-0.4, -0.2) is 0 Å². The summed E-state index contributed by atoms with van der Waals surface area (Å²) < 4.78 is 0. The SMILES string of the molecule is Clc1ccc([C@H]2C[C@@H]2c2cccc3ccccc23)cc1. The highest BCUT2D eigenvalue weighted by Gasteiger charge is 2.39. The zero-order valence-electron chi connectivity index (χ0n) is 11.1. The van der Waals surface area contributed by atoms with E-state index in [4.69, 9.17) is 11.6 Å². The quantitative estimate of drug-likeness (QED) is 0.559. The van der Waals surface area contributed by atoms with Crippen molar-refractivity contribution in [3.63, 3.8) is 0 Å². The second kappa shape index (κ2) is 4.64. The first-order valence-corrected chi connectivity index (χ1v) is 7.44. The highest BCUT2D eigenvalue weighted by molar-refractivity contribution is 6.30. The molecule has 0 unspecified atom stereocenters. The molecule has 1 heteroatoms. The molecule has 1 saturated carbocycles. The van der Waals surface area contributed by atoms with Crippen molar-refractivity contribution >= 4 is 22.4 Å². The summed E-state index contributed by atoms with van der Waals surface area (Å²) in [5.74, 6) is 1.31. The average molecular weight is 279 g/mol. The fraction of sp³-hybridized carbons (Fsp3) is 0.158. The van der Waals surface area contributed by atoms with Crippen LogP contribution >= 0.6 is 11.6 Å². The molecule has 98 valence electrons. The highest BCUT2D eigenvalue weighted by atomic mass is 35.5. The summed E-state index contributed by atoms with van der Waals surface area (Å²) in [5.41, 5.74) is 2.90. The third-order valence-electron chi connectivity index (χ3n) is 4.31. The van der Waals surface area contributed by atoms with Gasteiger partial charge < -0.3 is 0 Å². The predicted molar refractivity (Wildman–Crippen MR) is 85.5 cm³/mol. The van der Waals surface area contributed by atoms with Gasteiger partial charge in [-0.2, -0.15) is 0 Å². The molecule has 0 aliphatic heterocycles. The molecule has 3 aromatic rings. The normalized spacial score (nSPS) is 21.1. The molecule has 4 rings (SSSR count). The Hall–Kier alpha value is -1.79. The topological polar surface area (TPSA) is 0 Å². The molecule has 0 saturated heterocycles. The van der Waals surface area contributed by atoms with Gasteiger partial charge in [-0.05, 0) is 52.3 Å². The number of fused-ring (bicyclic) bond motifs is 1. The summed E-state index contributed by atoms with van der Waals surface area (Å²) in [5, 5.41) is 3.55. The van der Waals surface area contributed by atoms with Gasteiger partial charge in [-0.1, -0.05) is 66.2 Å². The zero-order chi connectivity index (χ0) is 13.5. The molecule has 0 heterocycles. The van der Waals surface area contributed by atoms with Crippen LogP contribution in [0.25, 0.3) is 10.8 Å². The molecule has 0 amide bonds. The van der Waals surface area contributed by atoms with Gasteiger partial charge in [0, 0.05) is 5.02 Å². The summed E-state index contributed by atoms with van der Waals surface area (Å²) >= 11 is 5.97. The number of benzene rings is 3. The van der Waals surface area contributed by atoms with Crippen molar-refractivity contribution in [2.75, 3.05) is 0 Å². The van der Waals surface area contributed by atoms with E-state index in [0.717, 1.165) is 5.02 Å². The summed E-state index contributed by atoms with van der Waals surface area (Å²) in [6.07, 6.45) is 1.25. The predicted octanol–water partition coefficient (Wildman–Crippen LogP) is 5.76. The van der Waals surface area contributed by atoms with E-state index in [1.54, 1.807) is 0 Å². The maximum atomic E-state index is 5.97. The fourth-order valence-electron chi connectivity index (χ4n) is 3.19. The third kappa shape index (κ3) is 2.01. The van der Waals surface area contributed by atoms with Crippen LogP contribution in [0.2, 0.25) is 5.02 Å². The Balaban J connectivity index is 1.70. The molecule has 0 spiro atoms. The van der Waals surface area contributed by atoms with E-state index in [0.29, 0.717) is 11.8 Å². The van der Waals surface area contributed by atoms with Crippen LogP contribution in [0, 0.1) is 0 Å². The number of hydrogen-bond acceptors (Lipinski definition) is 0. The first-order valence-electron chi connectivity index (χ1n) is 7.06. The zero-order valence-corrected chi connectivity index (χ0v) is 11.8. The van der Waals surface area contributed by atoms with Crippen LogP contribution in [0.1, 0.15) is 29.4 Å². The summed E-state index contributed by atoms with van der Waals surface area (Å²) in [7, 11) is 0. The van der Waals surface area contributed by atoms with Crippen molar-refractivity contribution in [1.29, 1.82) is 0 Å². The van der Waals surface area contributed by atoms with Crippen molar-refractivity contribution in [1.82, 2.24) is 0 Å². The number of halogens is 1. The van der Waals surface area contributed by atoms with Gasteiger partial charge in [-0.15, -0.1) is 0 Å². The maximum Gasteiger partial charge on any atom is 0.0406 e. The van der Waals surface area contributed by atoms with Crippen molar-refractivity contribution in [3.8, 4) is 0 Å². The van der Waals surface area contributed by atoms with Crippen LogP contribution in [0.15, 0.2) is 66.7 Å². The molecule has 0 nitrogen and oxygen atoms in total. The molecule has 1 aliphatic rings. The van der Waals surface area contributed by atoms with Crippen LogP contribution in [-0.2, 0) is 0 Å². The summed E-state index contributed by atoms with van der Waals surface area (Å²) in [4.78, 5) is 0. The Morgan fingerprint density at radius 1 is 0.750 bits per heavy atom. The van der Waals surface area contributed by atoms with Gasteiger partial charge in [0.05, 0.1) is 0 Å². The van der Waals surface area contributed by atoms with Gasteiger partial charge in [0.1, 0.15) is 0 Å². The monoisotopic (exact) mass is 278 g/mol. The Bertz CT molecular complexity index is 753. The van der Waals surface area contributed by atoms with Crippen LogP contribution in [0.3, 0.4) is 0 Å². The minimum absolute atomic E-state index is 0.651. The Morgan fingerprint density at radius 2 is 1.50 bits per heavy atom. The Morgan fingerprint density at radius 3 is 2.35 bits per heavy atom. The standard InChI is InChI=1S/C19H15Cl/c20-15-10-8-14(9-11-15)18-12-19(18)17-7-3-5-13-4-1-2-6-16(13)17/h1-11,18-19H,12H2/t18-,19-/m1/s1. The van der Waals surface area contributed by atoms with Crippen molar-refractivity contribution in [2.24, 2.45) is 0 Å². The number of hydrogen-bond donors (Lipinski definition) is 0. The third-order valence-corrected chi connectivity index (χ3v) is 4.56. The molecular formula is C19H15Cl. The lowest BCUT2D eigenvalue weighted by Gasteiger charge is -2.06. The minimum Gasteiger partial charge on any atom is -0.0843 e. The number of rotatable bonds is 2. The molecular weight excluding hydrogens is 264 g/mol. The van der Waals surface area contributed by atoms with Gasteiger partial charge in [0.2, 0.25) is 0 Å². The van der Waals surface area contributed by atoms with Crippen molar-refractivity contribution in [2.45, 2.75) is 18.3 Å². The molecule has 0 N–H and O–H groups in total. The first kappa shape index (κ1) is 12.0. The molecule has 1 aliphatic carbocycles. The summed E-state index contributed by atoms with van der Waals surface area (Å²) in [6.45, 7) is 0. The second-order valence-corrected chi connectivity index (χ2v) is 6.01. The van der Waals surface area contributed by atoms with E-state index in [2.05, 4.69) is 54.6 Å². The van der Waals surface area contributed by atoms with Crippen LogP contribution in [0.5, 0.6) is 0 Å². The molecule has 0 aromatic heterocycles. The van der Waals surface area contributed by atoms with E-state index in [1.807, 2.05) is 12.1 Å². The molecule has 20 heavy (non-hydrogen) atoms. The van der Waals surface area contributed by atoms with E-state index in [9.17, 15) is 0 Å². The van der Waals surface area contributed by atoms with Crippen molar-refractivity contribution in [3.05, 3.63) is 82.9 Å². The molecule has 2 atom stereocenters. The molecule has 1 fully saturated rings. The molecule has 0 radical (unpaired) electrons. The molecule has 0 bridgehead atoms. The van der Waals surface area contributed by atoms with E-state index >= 15 is 0 Å². The lowest BCUT2D eigenvalue weighted by atomic mass is 9.98. The largest absolute Gasteiger partial charge is 0.0843 e. The molecule has 3 aromatic carbocycles. The van der Waals surface area contributed by atoms with Gasteiger partial charge in [0.25, 0.3) is 0 Å². The van der Waals surface area contributed by atoms with Gasteiger partial charge in [-0.25, -0.2) is 0 Å². The van der Waals surface area contributed by atoms with E-state index in [-0.39, 0.29) is 0 Å². The van der Waals surface area contributed by atoms with Gasteiger partial charge >= 0.3 is 0 Å². The average Bonchev–Trinajstić information content (AvgIpc) is 3.28. The fourth-order valence-corrected chi connectivity index (χ4v) is 3.32. The first-order chi connectivity index (χ1) is 9.83. The van der Waals surface area contributed by atoms with Gasteiger partial charge in [-0.3, -0.25) is 0 Å². The van der Waals surface area contributed by atoms with Crippen LogP contribution < -0.4 is 0 Å². The summed E-state index contributed by atoms with van der Waals surface area (Å²) in [6, 6.07) is 23.6. The van der Waals surface area contributed by atoms with Crippen molar-refractivity contribution < 1.29 is 0 Å². The lowest BCUT2D eigenvalue weighted by molar-refractivity contribution is 1.04. The van der Waals surface area contributed by atoms with Gasteiger partial charge in [0.15, 0.2) is 0 Å².